The maximum Gasteiger partial charge on any atom is 0.270 e. The van der Waals surface area contributed by atoms with Gasteiger partial charge in [-0.15, -0.1) is 0 Å². The van der Waals surface area contributed by atoms with Gasteiger partial charge in [0.2, 0.25) is 17.5 Å². The fourth-order valence-corrected chi connectivity index (χ4v) is 2.71. The van der Waals surface area contributed by atoms with Crippen LogP contribution < -0.4 is 10.6 Å². The lowest BCUT2D eigenvalue weighted by Crippen LogP contribution is -2.33. The highest BCUT2D eigenvalue weighted by atomic mass is 16.2. The zero-order valence-corrected chi connectivity index (χ0v) is 14.9. The topological polar surface area (TPSA) is 131 Å². The van der Waals surface area contributed by atoms with Crippen LogP contribution in [0.3, 0.4) is 0 Å². The van der Waals surface area contributed by atoms with E-state index in [0.717, 1.165) is 0 Å². The van der Waals surface area contributed by atoms with Crippen LogP contribution in [0.15, 0.2) is 54.6 Å². The lowest BCUT2D eigenvalue weighted by Gasteiger charge is -2.09. The molecule has 6 bridgehead atoms. The van der Waals surface area contributed by atoms with E-state index < -0.39 is 23.4 Å². The average molecular weight is 387 g/mol. The molecular formula is C20H13N5O4. The molecule has 0 fully saturated rings. The molecule has 4 rings (SSSR count). The van der Waals surface area contributed by atoms with Crippen LogP contribution in [0, 0.1) is 0 Å². The Morgan fingerprint density at radius 3 is 1.72 bits per heavy atom. The molecule has 1 aliphatic heterocycles. The first-order valence-electron chi connectivity index (χ1n) is 8.60. The largest absolute Gasteiger partial charge is 0.342 e. The van der Waals surface area contributed by atoms with Crippen molar-refractivity contribution >= 4 is 29.2 Å². The number of hydrogen-bond donors (Lipinski definition) is 2. The van der Waals surface area contributed by atoms with Crippen LogP contribution >= 0.6 is 0 Å². The highest BCUT2D eigenvalue weighted by molar-refractivity contribution is 6.10. The molecule has 0 atom stereocenters. The van der Waals surface area contributed by atoms with E-state index in [1.165, 1.54) is 48.5 Å². The monoisotopic (exact) mass is 387 g/mol. The summed E-state index contributed by atoms with van der Waals surface area (Å²) in [5.41, 5.74) is 0.0518. The number of anilines is 1. The smallest absolute Gasteiger partial charge is 0.270 e. The highest BCUT2D eigenvalue weighted by Crippen LogP contribution is 2.13. The quantitative estimate of drug-likeness (QED) is 0.589. The van der Waals surface area contributed by atoms with Gasteiger partial charge in [0, 0.05) is 0 Å². The molecule has 0 radical (unpaired) electrons. The fraction of sp³-hybridized carbons (Fsp3) is 0.0500. The molecule has 0 saturated heterocycles. The number of aromatic nitrogens is 3. The van der Waals surface area contributed by atoms with Crippen molar-refractivity contribution in [1.29, 1.82) is 0 Å². The number of pyridine rings is 3. The van der Waals surface area contributed by atoms with Crippen LogP contribution in [0.1, 0.15) is 42.9 Å². The number of carbonyl (C=O) groups is 4. The summed E-state index contributed by atoms with van der Waals surface area (Å²) in [6.45, 7) is -0.334. The van der Waals surface area contributed by atoms with Crippen molar-refractivity contribution in [3.63, 3.8) is 0 Å². The van der Waals surface area contributed by atoms with Gasteiger partial charge in [0.1, 0.15) is 34.3 Å². The molecule has 3 aromatic rings. The number of ketones is 2. The van der Waals surface area contributed by atoms with Crippen LogP contribution in [-0.4, -0.2) is 44.9 Å². The number of hydrogen-bond acceptors (Lipinski definition) is 7. The molecular weight excluding hydrogens is 374 g/mol. The molecule has 3 aromatic heterocycles. The van der Waals surface area contributed by atoms with E-state index in [0.29, 0.717) is 0 Å². The van der Waals surface area contributed by atoms with Gasteiger partial charge in [-0.3, -0.25) is 19.2 Å². The van der Waals surface area contributed by atoms with Crippen LogP contribution in [0.2, 0.25) is 0 Å². The van der Waals surface area contributed by atoms with E-state index in [9.17, 15) is 19.2 Å². The van der Waals surface area contributed by atoms with Crippen LogP contribution in [0.5, 0.6) is 0 Å². The summed E-state index contributed by atoms with van der Waals surface area (Å²) >= 11 is 0. The molecule has 9 heteroatoms. The molecule has 29 heavy (non-hydrogen) atoms. The molecule has 0 unspecified atom stereocenters. The predicted molar refractivity (Wildman–Crippen MR) is 101 cm³/mol. The first kappa shape index (κ1) is 18.1. The van der Waals surface area contributed by atoms with Crippen LogP contribution in [-0.2, 0) is 4.79 Å². The number of amides is 2. The lowest BCUT2D eigenvalue weighted by atomic mass is 10.1. The molecule has 9 nitrogen and oxygen atoms in total. The van der Waals surface area contributed by atoms with E-state index in [-0.39, 0.29) is 40.8 Å². The number of nitrogens with one attached hydrogen (secondary N) is 2. The lowest BCUT2D eigenvalue weighted by molar-refractivity contribution is -0.115. The van der Waals surface area contributed by atoms with Gasteiger partial charge >= 0.3 is 0 Å². The summed E-state index contributed by atoms with van der Waals surface area (Å²) in [4.78, 5) is 62.2. The normalized spacial score (nSPS) is 14.2. The van der Waals surface area contributed by atoms with Crippen LogP contribution in [0.25, 0.3) is 0 Å². The maximum absolute atomic E-state index is 12.8. The van der Waals surface area contributed by atoms with E-state index in [1.54, 1.807) is 6.07 Å². The number of fused-ring (bicyclic) bond motifs is 6. The van der Waals surface area contributed by atoms with Gasteiger partial charge < -0.3 is 10.6 Å². The van der Waals surface area contributed by atoms with Crippen molar-refractivity contribution in [3.05, 3.63) is 83.1 Å². The van der Waals surface area contributed by atoms with Gasteiger partial charge in [0.15, 0.2) is 0 Å². The van der Waals surface area contributed by atoms with E-state index in [2.05, 4.69) is 25.6 Å². The standard InChI is InChI=1S/C20H13N5O4/c26-17-10-21-20(29)15-8-2-6-13(23-15)18(27)11-4-1-5-12(22-11)19(28)14-7-3-9-16(24-14)25-17/h1-9H,10H2,(H,21,29)(H,24,25,26). The molecule has 2 N–H and O–H groups in total. The predicted octanol–water partition coefficient (Wildman–Crippen LogP) is 1.02. The third kappa shape index (κ3) is 3.74. The Balaban J connectivity index is 1.83. The van der Waals surface area contributed by atoms with E-state index >= 15 is 0 Å². The average Bonchev–Trinajstić information content (AvgIpc) is 2.76. The molecule has 142 valence electrons. The molecule has 1 aliphatic rings. The third-order valence-electron chi connectivity index (χ3n) is 4.09. The second-order valence-corrected chi connectivity index (χ2v) is 6.11. The zero-order chi connectivity index (χ0) is 20.4. The Kier molecular flexibility index (Phi) is 4.62. The molecule has 0 saturated carbocycles. The first-order chi connectivity index (χ1) is 14.0. The first-order valence-corrected chi connectivity index (χ1v) is 8.60. The number of rotatable bonds is 0. The zero-order valence-electron chi connectivity index (χ0n) is 14.9. The Morgan fingerprint density at radius 1 is 0.621 bits per heavy atom. The minimum atomic E-state index is -0.611. The number of nitrogens with zero attached hydrogens (tertiary/aromatic N) is 3. The third-order valence-corrected chi connectivity index (χ3v) is 4.09. The van der Waals surface area contributed by atoms with Crippen molar-refractivity contribution in [2.24, 2.45) is 0 Å². The minimum absolute atomic E-state index is 0.00795. The summed E-state index contributed by atoms with van der Waals surface area (Å²) < 4.78 is 0. The fourth-order valence-electron chi connectivity index (χ4n) is 2.71. The molecule has 0 spiro atoms. The Bertz CT molecular complexity index is 1170. The van der Waals surface area contributed by atoms with Gasteiger partial charge in [-0.25, -0.2) is 15.0 Å². The van der Waals surface area contributed by atoms with E-state index in [1.807, 2.05) is 0 Å². The Morgan fingerprint density at radius 2 is 1.10 bits per heavy atom. The van der Waals surface area contributed by atoms with Crippen molar-refractivity contribution in [2.75, 3.05) is 11.9 Å². The Labute approximate surface area is 164 Å². The summed E-state index contributed by atoms with van der Waals surface area (Å²) in [6.07, 6.45) is 0. The number of carbonyl (C=O) groups excluding carboxylic acids is 4. The summed E-state index contributed by atoms with van der Waals surface area (Å²) in [7, 11) is 0. The van der Waals surface area contributed by atoms with Crippen LogP contribution in [0.4, 0.5) is 5.82 Å². The van der Waals surface area contributed by atoms with E-state index in [4.69, 9.17) is 0 Å². The molecule has 0 aromatic carbocycles. The van der Waals surface area contributed by atoms with Crippen molar-refractivity contribution in [3.8, 4) is 0 Å². The Hall–Kier alpha value is -4.27. The van der Waals surface area contributed by atoms with Gasteiger partial charge in [0.05, 0.1) is 6.54 Å². The molecule has 4 heterocycles. The summed E-state index contributed by atoms with van der Waals surface area (Å²) in [5.74, 6) is -2.04. The second-order valence-electron chi connectivity index (χ2n) is 6.11. The SMILES string of the molecule is O=C1CNC(=O)c2cccc(n2)C(=O)c2cccc(n2)C(=O)c2cccc(n2)N1. The van der Waals surface area contributed by atoms with Gasteiger partial charge in [-0.2, -0.15) is 0 Å². The van der Waals surface area contributed by atoms with Crippen molar-refractivity contribution in [1.82, 2.24) is 20.3 Å². The van der Waals surface area contributed by atoms with Gasteiger partial charge in [-0.05, 0) is 36.4 Å². The van der Waals surface area contributed by atoms with Crippen molar-refractivity contribution in [2.45, 2.75) is 0 Å². The van der Waals surface area contributed by atoms with Gasteiger partial charge in [0.25, 0.3) is 5.91 Å². The minimum Gasteiger partial charge on any atom is -0.342 e. The summed E-state index contributed by atoms with van der Waals surface area (Å²) in [5, 5.41) is 4.94. The van der Waals surface area contributed by atoms with Crippen molar-refractivity contribution < 1.29 is 19.2 Å². The second kappa shape index (κ2) is 7.39. The van der Waals surface area contributed by atoms with Gasteiger partial charge in [-0.1, -0.05) is 18.2 Å². The molecule has 0 aliphatic carbocycles. The molecule has 2 amide bonds. The maximum atomic E-state index is 12.8. The summed E-state index contributed by atoms with van der Waals surface area (Å²) in [6, 6.07) is 13.4. The highest BCUT2D eigenvalue weighted by Gasteiger charge is 2.19.